The highest BCUT2D eigenvalue weighted by atomic mass is 35.5. The minimum Gasteiger partial charge on any atom is -0.378 e. The number of nitrogens with one attached hydrogen (secondary N) is 2. The van der Waals surface area contributed by atoms with Gasteiger partial charge in [0.1, 0.15) is 0 Å². The third-order valence-electron chi connectivity index (χ3n) is 4.08. The zero-order valence-electron chi connectivity index (χ0n) is 14.0. The summed E-state index contributed by atoms with van der Waals surface area (Å²) in [6.45, 7) is 3.80. The molecule has 0 saturated carbocycles. The Kier molecular flexibility index (Phi) is 6.14. The SMILES string of the molecule is O=C(CNc1cc(Cl)ccc1N1CCOCC1)NCc1ccccc1. The Morgan fingerprint density at radius 1 is 1.12 bits per heavy atom. The summed E-state index contributed by atoms with van der Waals surface area (Å²) in [6, 6.07) is 15.6. The fourth-order valence-corrected chi connectivity index (χ4v) is 2.94. The Morgan fingerprint density at radius 2 is 1.88 bits per heavy atom. The van der Waals surface area contributed by atoms with Crippen LogP contribution in [0.2, 0.25) is 5.02 Å². The van der Waals surface area contributed by atoms with Gasteiger partial charge in [0, 0.05) is 24.7 Å². The number of halogens is 1. The zero-order chi connectivity index (χ0) is 17.5. The van der Waals surface area contributed by atoms with E-state index in [0.29, 0.717) is 24.8 Å². The molecule has 0 spiro atoms. The number of carbonyl (C=O) groups excluding carboxylic acids is 1. The van der Waals surface area contributed by atoms with Crippen LogP contribution in [-0.4, -0.2) is 38.8 Å². The van der Waals surface area contributed by atoms with Crippen molar-refractivity contribution in [2.45, 2.75) is 6.54 Å². The standard InChI is InChI=1S/C19H22ClN3O2/c20-16-6-7-18(23-8-10-25-11-9-23)17(12-16)21-14-19(24)22-13-15-4-2-1-3-5-15/h1-7,12,21H,8-11,13-14H2,(H,22,24). The average Bonchev–Trinajstić information content (AvgIpc) is 2.66. The van der Waals surface area contributed by atoms with Gasteiger partial charge in [-0.2, -0.15) is 0 Å². The van der Waals surface area contributed by atoms with Crippen molar-refractivity contribution in [2.24, 2.45) is 0 Å². The number of hydrogen-bond donors (Lipinski definition) is 2. The van der Waals surface area contributed by atoms with Gasteiger partial charge < -0.3 is 20.3 Å². The molecule has 1 aliphatic heterocycles. The van der Waals surface area contributed by atoms with E-state index in [1.807, 2.05) is 48.5 Å². The van der Waals surface area contributed by atoms with Crippen molar-refractivity contribution in [3.8, 4) is 0 Å². The highest BCUT2D eigenvalue weighted by molar-refractivity contribution is 6.31. The molecular weight excluding hydrogens is 338 g/mol. The first-order valence-electron chi connectivity index (χ1n) is 8.39. The lowest BCUT2D eigenvalue weighted by Crippen LogP contribution is -2.37. The largest absolute Gasteiger partial charge is 0.378 e. The monoisotopic (exact) mass is 359 g/mol. The maximum absolute atomic E-state index is 12.1. The van der Waals surface area contributed by atoms with E-state index in [2.05, 4.69) is 15.5 Å². The third kappa shape index (κ3) is 5.11. The molecule has 132 valence electrons. The fraction of sp³-hybridized carbons (Fsp3) is 0.316. The number of amides is 1. The summed E-state index contributed by atoms with van der Waals surface area (Å²) in [5, 5.41) is 6.77. The Bertz CT molecular complexity index is 703. The second kappa shape index (κ2) is 8.74. The molecule has 2 aromatic rings. The number of rotatable bonds is 6. The summed E-state index contributed by atoms with van der Waals surface area (Å²) < 4.78 is 5.40. The number of nitrogens with zero attached hydrogens (tertiary/aromatic N) is 1. The molecule has 1 saturated heterocycles. The van der Waals surface area contributed by atoms with Crippen molar-refractivity contribution in [2.75, 3.05) is 43.1 Å². The molecule has 2 N–H and O–H groups in total. The third-order valence-corrected chi connectivity index (χ3v) is 4.32. The lowest BCUT2D eigenvalue weighted by atomic mass is 10.2. The van der Waals surface area contributed by atoms with Gasteiger partial charge in [-0.25, -0.2) is 0 Å². The Hall–Kier alpha value is -2.24. The molecule has 1 fully saturated rings. The van der Waals surface area contributed by atoms with E-state index in [1.165, 1.54) is 0 Å². The van der Waals surface area contributed by atoms with Crippen LogP contribution in [0.25, 0.3) is 0 Å². The topological polar surface area (TPSA) is 53.6 Å². The van der Waals surface area contributed by atoms with Crippen LogP contribution in [0.4, 0.5) is 11.4 Å². The van der Waals surface area contributed by atoms with E-state index in [9.17, 15) is 4.79 Å². The minimum atomic E-state index is -0.0586. The Labute approximate surface area is 152 Å². The van der Waals surface area contributed by atoms with E-state index >= 15 is 0 Å². The summed E-state index contributed by atoms with van der Waals surface area (Å²) in [5.74, 6) is -0.0586. The van der Waals surface area contributed by atoms with Crippen molar-refractivity contribution in [1.29, 1.82) is 0 Å². The molecule has 0 radical (unpaired) electrons. The maximum atomic E-state index is 12.1. The number of ether oxygens (including phenoxy) is 1. The highest BCUT2D eigenvalue weighted by Gasteiger charge is 2.15. The number of carbonyl (C=O) groups is 1. The number of benzene rings is 2. The van der Waals surface area contributed by atoms with Crippen LogP contribution in [0, 0.1) is 0 Å². The van der Waals surface area contributed by atoms with Gasteiger partial charge >= 0.3 is 0 Å². The van der Waals surface area contributed by atoms with Crippen molar-refractivity contribution < 1.29 is 9.53 Å². The van der Waals surface area contributed by atoms with E-state index in [-0.39, 0.29) is 12.5 Å². The molecule has 0 aliphatic carbocycles. The van der Waals surface area contributed by atoms with Gasteiger partial charge in [-0.3, -0.25) is 4.79 Å². The van der Waals surface area contributed by atoms with Gasteiger partial charge in [-0.1, -0.05) is 41.9 Å². The molecule has 2 aromatic carbocycles. The van der Waals surface area contributed by atoms with Crippen LogP contribution in [-0.2, 0) is 16.1 Å². The minimum absolute atomic E-state index is 0.0586. The van der Waals surface area contributed by atoms with Crippen molar-refractivity contribution in [1.82, 2.24) is 5.32 Å². The summed E-state index contributed by atoms with van der Waals surface area (Å²) in [5.41, 5.74) is 2.99. The van der Waals surface area contributed by atoms with Crippen LogP contribution < -0.4 is 15.5 Å². The van der Waals surface area contributed by atoms with Crippen LogP contribution >= 0.6 is 11.6 Å². The summed E-state index contributed by atoms with van der Waals surface area (Å²) >= 11 is 6.13. The Morgan fingerprint density at radius 3 is 2.64 bits per heavy atom. The van der Waals surface area contributed by atoms with Crippen LogP contribution in [0.3, 0.4) is 0 Å². The number of morpholine rings is 1. The first kappa shape index (κ1) is 17.6. The van der Waals surface area contributed by atoms with E-state index < -0.39 is 0 Å². The normalized spacial score (nSPS) is 14.2. The molecule has 0 atom stereocenters. The molecule has 1 aliphatic rings. The average molecular weight is 360 g/mol. The highest BCUT2D eigenvalue weighted by Crippen LogP contribution is 2.29. The summed E-state index contributed by atoms with van der Waals surface area (Å²) in [6.07, 6.45) is 0. The predicted octanol–water partition coefficient (Wildman–Crippen LogP) is 2.90. The number of hydrogen-bond acceptors (Lipinski definition) is 4. The molecule has 0 unspecified atom stereocenters. The summed E-state index contributed by atoms with van der Waals surface area (Å²) in [4.78, 5) is 14.4. The molecule has 1 heterocycles. The van der Waals surface area contributed by atoms with Gasteiger partial charge in [0.15, 0.2) is 0 Å². The molecule has 0 bridgehead atoms. The second-order valence-electron chi connectivity index (χ2n) is 5.88. The van der Waals surface area contributed by atoms with Crippen molar-refractivity contribution in [3.63, 3.8) is 0 Å². The van der Waals surface area contributed by atoms with Crippen LogP contribution in [0.1, 0.15) is 5.56 Å². The number of anilines is 2. The van der Waals surface area contributed by atoms with Gasteiger partial charge in [0.05, 0.1) is 31.1 Å². The first-order valence-corrected chi connectivity index (χ1v) is 8.77. The van der Waals surface area contributed by atoms with Crippen LogP contribution in [0.15, 0.2) is 48.5 Å². The molecule has 25 heavy (non-hydrogen) atoms. The lowest BCUT2D eigenvalue weighted by molar-refractivity contribution is -0.119. The van der Waals surface area contributed by atoms with Gasteiger partial charge in [-0.15, -0.1) is 0 Å². The molecule has 5 nitrogen and oxygen atoms in total. The first-order chi connectivity index (χ1) is 12.2. The zero-order valence-corrected chi connectivity index (χ0v) is 14.8. The van der Waals surface area contributed by atoms with Gasteiger partial charge in [0.25, 0.3) is 0 Å². The van der Waals surface area contributed by atoms with E-state index in [1.54, 1.807) is 0 Å². The van der Waals surface area contributed by atoms with Gasteiger partial charge in [-0.05, 0) is 23.8 Å². The predicted molar refractivity (Wildman–Crippen MR) is 101 cm³/mol. The molecule has 0 aromatic heterocycles. The molecular formula is C19H22ClN3O2. The summed E-state index contributed by atoms with van der Waals surface area (Å²) in [7, 11) is 0. The van der Waals surface area contributed by atoms with Crippen molar-refractivity contribution >= 4 is 28.9 Å². The molecule has 6 heteroatoms. The molecule has 3 rings (SSSR count). The van der Waals surface area contributed by atoms with Gasteiger partial charge in [0.2, 0.25) is 5.91 Å². The second-order valence-corrected chi connectivity index (χ2v) is 6.31. The van der Waals surface area contributed by atoms with E-state index in [0.717, 1.165) is 30.0 Å². The van der Waals surface area contributed by atoms with E-state index in [4.69, 9.17) is 16.3 Å². The van der Waals surface area contributed by atoms with Crippen molar-refractivity contribution in [3.05, 3.63) is 59.1 Å². The Balaban J connectivity index is 1.58. The van der Waals surface area contributed by atoms with Crippen LogP contribution in [0.5, 0.6) is 0 Å². The quantitative estimate of drug-likeness (QED) is 0.832. The smallest absolute Gasteiger partial charge is 0.239 e. The molecule has 1 amide bonds. The lowest BCUT2D eigenvalue weighted by Gasteiger charge is -2.30. The fourth-order valence-electron chi connectivity index (χ4n) is 2.76. The maximum Gasteiger partial charge on any atom is 0.239 e.